The number of thioether (sulfide) groups is 1. The predicted molar refractivity (Wildman–Crippen MR) is 133 cm³/mol. The van der Waals surface area contributed by atoms with Gasteiger partial charge in [-0.2, -0.15) is 0 Å². The first-order valence-electron chi connectivity index (χ1n) is 10.8. The largest absolute Gasteiger partial charge is 0.497 e. The van der Waals surface area contributed by atoms with Crippen molar-refractivity contribution in [2.75, 3.05) is 18.7 Å². The molecule has 1 atom stereocenters. The van der Waals surface area contributed by atoms with Gasteiger partial charge in [0.05, 0.1) is 25.4 Å². The molecular formula is C27H25N3O2S. The number of anilines is 1. The van der Waals surface area contributed by atoms with Crippen LogP contribution in [-0.2, 0) is 6.54 Å². The first kappa shape index (κ1) is 21.2. The van der Waals surface area contributed by atoms with Crippen molar-refractivity contribution in [3.8, 4) is 11.4 Å². The van der Waals surface area contributed by atoms with Crippen LogP contribution in [0.2, 0.25) is 0 Å². The van der Waals surface area contributed by atoms with Gasteiger partial charge in [-0.3, -0.25) is 0 Å². The van der Waals surface area contributed by atoms with Gasteiger partial charge in [-0.15, -0.1) is 11.8 Å². The molecule has 4 aromatic rings. The minimum atomic E-state index is -0.235. The summed E-state index contributed by atoms with van der Waals surface area (Å²) in [6, 6.07) is 27.9. The number of carbonyl (C=O) groups excluding carboxylic acids is 1. The van der Waals surface area contributed by atoms with Crippen LogP contribution in [0.5, 0.6) is 5.75 Å². The topological polar surface area (TPSA) is 46.5 Å². The standard InChI is InChI=1S/C27H25N3O2S/c1-32-22-13-11-21(12-14-22)28-27(31)30-18-20-6-3-4-7-24(20)29-17-5-8-25(29)26(30)19-9-15-23(33-2)16-10-19/h3-17,26H,18H2,1-2H3,(H,28,31). The van der Waals surface area contributed by atoms with Crippen molar-refractivity contribution in [3.63, 3.8) is 0 Å². The number of amides is 2. The van der Waals surface area contributed by atoms with Gasteiger partial charge in [0.15, 0.2) is 0 Å². The third-order valence-corrected chi connectivity index (χ3v) is 6.74. The quantitative estimate of drug-likeness (QED) is 0.365. The molecule has 2 heterocycles. The molecule has 5 rings (SSSR count). The van der Waals surface area contributed by atoms with Gasteiger partial charge in [0, 0.05) is 22.5 Å². The number of hydrogen-bond acceptors (Lipinski definition) is 3. The number of ether oxygens (including phenoxy) is 1. The Morgan fingerprint density at radius 2 is 1.73 bits per heavy atom. The summed E-state index contributed by atoms with van der Waals surface area (Å²) in [5.74, 6) is 0.751. The highest BCUT2D eigenvalue weighted by molar-refractivity contribution is 7.98. The van der Waals surface area contributed by atoms with Crippen molar-refractivity contribution in [1.82, 2.24) is 9.47 Å². The fourth-order valence-electron chi connectivity index (χ4n) is 4.35. The van der Waals surface area contributed by atoms with E-state index in [9.17, 15) is 4.79 Å². The number of nitrogens with one attached hydrogen (secondary N) is 1. The van der Waals surface area contributed by atoms with Gasteiger partial charge in [-0.05, 0) is 72.0 Å². The lowest BCUT2D eigenvalue weighted by atomic mass is 10.0. The summed E-state index contributed by atoms with van der Waals surface area (Å²) in [6.07, 6.45) is 4.14. The van der Waals surface area contributed by atoms with Crippen LogP contribution in [-0.4, -0.2) is 28.9 Å². The molecular weight excluding hydrogens is 430 g/mol. The van der Waals surface area contributed by atoms with Crippen LogP contribution < -0.4 is 10.1 Å². The fourth-order valence-corrected chi connectivity index (χ4v) is 4.75. The molecule has 33 heavy (non-hydrogen) atoms. The van der Waals surface area contributed by atoms with E-state index in [4.69, 9.17) is 4.74 Å². The highest BCUT2D eigenvalue weighted by Gasteiger charge is 2.33. The maximum Gasteiger partial charge on any atom is 0.322 e. The normalized spacial score (nSPS) is 14.7. The molecule has 1 N–H and O–H groups in total. The molecule has 1 aromatic heterocycles. The van der Waals surface area contributed by atoms with Gasteiger partial charge in [-0.25, -0.2) is 4.79 Å². The Kier molecular flexibility index (Phi) is 5.84. The molecule has 0 radical (unpaired) electrons. The third kappa shape index (κ3) is 4.10. The van der Waals surface area contributed by atoms with Crippen molar-refractivity contribution in [1.29, 1.82) is 0 Å². The van der Waals surface area contributed by atoms with E-state index >= 15 is 0 Å². The Labute approximate surface area is 198 Å². The molecule has 0 bridgehead atoms. The Bertz CT molecular complexity index is 1270. The summed E-state index contributed by atoms with van der Waals surface area (Å²) in [4.78, 5) is 16.8. The molecule has 0 spiro atoms. The molecule has 0 aliphatic carbocycles. The summed E-state index contributed by atoms with van der Waals surface area (Å²) in [7, 11) is 1.63. The first-order chi connectivity index (χ1) is 16.2. The molecule has 5 nitrogen and oxygen atoms in total. The minimum Gasteiger partial charge on any atom is -0.497 e. The van der Waals surface area contributed by atoms with Gasteiger partial charge >= 0.3 is 6.03 Å². The SMILES string of the molecule is COc1ccc(NC(=O)N2Cc3ccccc3-n3cccc3C2c2ccc(SC)cc2)cc1. The number of fused-ring (bicyclic) bond motifs is 3. The Balaban J connectivity index is 1.58. The van der Waals surface area contributed by atoms with E-state index in [0.717, 1.165) is 33.9 Å². The number of para-hydroxylation sites is 1. The van der Waals surface area contributed by atoms with Crippen LogP contribution in [0, 0.1) is 0 Å². The zero-order valence-corrected chi connectivity index (χ0v) is 19.4. The summed E-state index contributed by atoms with van der Waals surface area (Å²) in [5.41, 5.74) is 5.06. The Morgan fingerprint density at radius 3 is 2.45 bits per heavy atom. The van der Waals surface area contributed by atoms with Gasteiger partial charge in [0.1, 0.15) is 5.75 Å². The van der Waals surface area contributed by atoms with Crippen LogP contribution in [0.3, 0.4) is 0 Å². The second kappa shape index (κ2) is 9.08. The maximum atomic E-state index is 13.7. The van der Waals surface area contributed by atoms with E-state index in [-0.39, 0.29) is 12.1 Å². The summed E-state index contributed by atoms with van der Waals surface area (Å²) < 4.78 is 7.44. The maximum absolute atomic E-state index is 13.7. The van der Waals surface area contributed by atoms with E-state index in [1.54, 1.807) is 18.9 Å². The van der Waals surface area contributed by atoms with Crippen molar-refractivity contribution < 1.29 is 9.53 Å². The molecule has 166 valence electrons. The number of methoxy groups -OCH3 is 1. The van der Waals surface area contributed by atoms with Gasteiger partial charge in [0.2, 0.25) is 0 Å². The third-order valence-electron chi connectivity index (χ3n) is 6.00. The summed E-state index contributed by atoms with van der Waals surface area (Å²) in [6.45, 7) is 0.495. The Hall–Kier alpha value is -3.64. The number of benzene rings is 3. The molecule has 1 aliphatic heterocycles. The Morgan fingerprint density at radius 1 is 0.970 bits per heavy atom. The average Bonchev–Trinajstić information content (AvgIpc) is 3.29. The molecule has 1 aliphatic rings. The van der Waals surface area contributed by atoms with Crippen LogP contribution >= 0.6 is 11.8 Å². The van der Waals surface area contributed by atoms with E-state index in [0.29, 0.717) is 6.54 Å². The van der Waals surface area contributed by atoms with E-state index in [1.165, 1.54) is 4.90 Å². The zero-order chi connectivity index (χ0) is 22.8. The predicted octanol–water partition coefficient (Wildman–Crippen LogP) is 6.34. The molecule has 2 amide bonds. The number of hydrogen-bond donors (Lipinski definition) is 1. The zero-order valence-electron chi connectivity index (χ0n) is 18.6. The number of carbonyl (C=O) groups is 1. The fraction of sp³-hybridized carbons (Fsp3) is 0.148. The lowest BCUT2D eigenvalue weighted by Crippen LogP contribution is -2.37. The average molecular weight is 456 g/mol. The lowest BCUT2D eigenvalue weighted by Gasteiger charge is -2.31. The van der Waals surface area contributed by atoms with E-state index in [1.807, 2.05) is 47.4 Å². The number of aromatic nitrogens is 1. The van der Waals surface area contributed by atoms with Crippen LogP contribution in [0.25, 0.3) is 5.69 Å². The van der Waals surface area contributed by atoms with Gasteiger partial charge < -0.3 is 19.5 Å². The van der Waals surface area contributed by atoms with Crippen LogP contribution in [0.15, 0.2) is 96.0 Å². The monoisotopic (exact) mass is 455 g/mol. The van der Waals surface area contributed by atoms with Crippen molar-refractivity contribution in [2.24, 2.45) is 0 Å². The summed E-state index contributed by atoms with van der Waals surface area (Å²) in [5, 5.41) is 3.08. The smallest absolute Gasteiger partial charge is 0.322 e. The lowest BCUT2D eigenvalue weighted by molar-refractivity contribution is 0.194. The molecule has 0 saturated heterocycles. The number of rotatable bonds is 4. The molecule has 0 fully saturated rings. The summed E-state index contributed by atoms with van der Waals surface area (Å²) >= 11 is 1.71. The van der Waals surface area contributed by atoms with E-state index < -0.39 is 0 Å². The van der Waals surface area contributed by atoms with Gasteiger partial charge in [0.25, 0.3) is 0 Å². The second-order valence-electron chi connectivity index (χ2n) is 7.89. The number of urea groups is 1. The first-order valence-corrected chi connectivity index (χ1v) is 12.0. The minimum absolute atomic E-state index is 0.149. The van der Waals surface area contributed by atoms with Crippen molar-refractivity contribution in [2.45, 2.75) is 17.5 Å². The molecule has 0 saturated carbocycles. The van der Waals surface area contributed by atoms with Crippen molar-refractivity contribution >= 4 is 23.5 Å². The molecule has 3 aromatic carbocycles. The molecule has 1 unspecified atom stereocenters. The van der Waals surface area contributed by atoms with E-state index in [2.05, 4.69) is 64.8 Å². The van der Waals surface area contributed by atoms with Crippen LogP contribution in [0.4, 0.5) is 10.5 Å². The highest BCUT2D eigenvalue weighted by Crippen LogP contribution is 2.37. The second-order valence-corrected chi connectivity index (χ2v) is 8.77. The molecule has 6 heteroatoms. The van der Waals surface area contributed by atoms with Crippen LogP contribution in [0.1, 0.15) is 22.9 Å². The van der Waals surface area contributed by atoms with Crippen molar-refractivity contribution in [3.05, 3.63) is 108 Å². The number of nitrogens with zero attached hydrogens (tertiary/aromatic N) is 2. The van der Waals surface area contributed by atoms with Gasteiger partial charge in [-0.1, -0.05) is 30.3 Å². The highest BCUT2D eigenvalue weighted by atomic mass is 32.2.